The Labute approximate surface area is 229 Å². The molecule has 2 aromatic rings. The van der Waals surface area contributed by atoms with E-state index in [1.165, 1.54) is 11.2 Å². The fourth-order valence-electron chi connectivity index (χ4n) is 5.84. The van der Waals surface area contributed by atoms with Crippen LogP contribution in [0.2, 0.25) is 0 Å². The molecule has 2 fully saturated rings. The molecular formula is C25H29F3N8O3S. The summed E-state index contributed by atoms with van der Waals surface area (Å²) < 4.78 is 64.0. The third-order valence-corrected chi connectivity index (χ3v) is 10.6. The fraction of sp³-hybridized carbons (Fsp3) is 0.600. The van der Waals surface area contributed by atoms with E-state index in [-0.39, 0.29) is 30.6 Å². The minimum Gasteiger partial charge on any atom is -0.350 e. The first-order chi connectivity index (χ1) is 18.8. The zero-order valence-corrected chi connectivity index (χ0v) is 23.3. The normalized spacial score (nSPS) is 26.8. The molecule has 5 rings (SSSR count). The number of alkyl halides is 3. The van der Waals surface area contributed by atoms with Crippen molar-refractivity contribution in [3.05, 3.63) is 29.2 Å². The Hall–Kier alpha value is -3.54. The molecule has 1 amide bonds. The lowest BCUT2D eigenvalue weighted by molar-refractivity contribution is -0.138. The Kier molecular flexibility index (Phi) is 6.67. The molecule has 0 spiro atoms. The van der Waals surface area contributed by atoms with E-state index < -0.39 is 56.3 Å². The van der Waals surface area contributed by atoms with Gasteiger partial charge in [0.15, 0.2) is 26.1 Å². The van der Waals surface area contributed by atoms with Crippen molar-refractivity contribution in [2.24, 2.45) is 0 Å². The number of piperazine rings is 1. The van der Waals surface area contributed by atoms with Gasteiger partial charge in [-0.2, -0.15) is 5.26 Å². The van der Waals surface area contributed by atoms with Crippen molar-refractivity contribution >= 4 is 33.2 Å². The summed E-state index contributed by atoms with van der Waals surface area (Å²) in [5.74, 6) is 0.281. The summed E-state index contributed by atoms with van der Waals surface area (Å²) >= 11 is 0. The molecule has 0 aromatic carbocycles. The SMILES string of the molecule is C[C@@H]1CN(c2ncnc3c2C(C)(C)CN3c2cc(C(F)F)c(C#N)nn2)[C@@H](C)CN1C(=O)[C@]1(CF)CCS1(=O)=O. The fourth-order valence-corrected chi connectivity index (χ4v) is 7.42. The maximum atomic E-state index is 14.0. The van der Waals surface area contributed by atoms with Gasteiger partial charge in [0, 0.05) is 42.7 Å². The maximum absolute atomic E-state index is 14.0. The number of sulfone groups is 1. The van der Waals surface area contributed by atoms with E-state index in [1.54, 1.807) is 17.9 Å². The van der Waals surface area contributed by atoms with E-state index >= 15 is 0 Å². The first-order valence-electron chi connectivity index (χ1n) is 12.8. The van der Waals surface area contributed by atoms with Crippen molar-refractivity contribution in [3.8, 4) is 6.07 Å². The molecule has 3 atom stereocenters. The lowest BCUT2D eigenvalue weighted by atomic mass is 9.87. The molecule has 0 radical (unpaired) electrons. The molecule has 2 saturated heterocycles. The number of amides is 1. The van der Waals surface area contributed by atoms with Crippen molar-refractivity contribution in [1.29, 1.82) is 5.26 Å². The summed E-state index contributed by atoms with van der Waals surface area (Å²) in [4.78, 5) is 27.5. The largest absolute Gasteiger partial charge is 0.350 e. The highest BCUT2D eigenvalue weighted by Crippen LogP contribution is 2.47. The number of carbonyl (C=O) groups is 1. The van der Waals surface area contributed by atoms with Crippen molar-refractivity contribution < 1.29 is 26.4 Å². The number of hydrogen-bond acceptors (Lipinski definition) is 10. The van der Waals surface area contributed by atoms with Crippen molar-refractivity contribution in [3.63, 3.8) is 0 Å². The van der Waals surface area contributed by atoms with E-state index in [9.17, 15) is 26.4 Å². The Morgan fingerprint density at radius 1 is 1.18 bits per heavy atom. The number of aromatic nitrogens is 4. The van der Waals surface area contributed by atoms with Crippen molar-refractivity contribution in [2.75, 3.05) is 41.9 Å². The average molecular weight is 579 g/mol. The molecule has 0 aliphatic carbocycles. The molecule has 0 saturated carbocycles. The zero-order valence-electron chi connectivity index (χ0n) is 22.5. The maximum Gasteiger partial charge on any atom is 0.266 e. The molecule has 0 N–H and O–H groups in total. The van der Waals surface area contributed by atoms with E-state index in [2.05, 4.69) is 20.2 Å². The topological polar surface area (TPSA) is 136 Å². The van der Waals surface area contributed by atoms with Crippen LogP contribution in [0, 0.1) is 11.3 Å². The van der Waals surface area contributed by atoms with Gasteiger partial charge in [0.25, 0.3) is 6.43 Å². The van der Waals surface area contributed by atoms with E-state index in [1.807, 2.05) is 25.7 Å². The van der Waals surface area contributed by atoms with Crippen molar-refractivity contribution in [1.82, 2.24) is 25.1 Å². The highest BCUT2D eigenvalue weighted by Gasteiger charge is 2.60. The summed E-state index contributed by atoms with van der Waals surface area (Å²) in [6, 6.07) is 2.05. The predicted molar refractivity (Wildman–Crippen MR) is 139 cm³/mol. The number of anilines is 3. The summed E-state index contributed by atoms with van der Waals surface area (Å²) in [5.41, 5.74) is -0.766. The van der Waals surface area contributed by atoms with Gasteiger partial charge >= 0.3 is 0 Å². The predicted octanol–water partition coefficient (Wildman–Crippen LogP) is 2.46. The van der Waals surface area contributed by atoms with E-state index in [4.69, 9.17) is 5.26 Å². The second-order valence-electron chi connectivity index (χ2n) is 11.3. The number of rotatable bonds is 5. The molecular weight excluding hydrogens is 549 g/mol. The van der Waals surface area contributed by atoms with Crippen molar-refractivity contribution in [2.45, 2.75) is 62.8 Å². The monoisotopic (exact) mass is 578 g/mol. The van der Waals surface area contributed by atoms with E-state index in [0.717, 1.165) is 11.6 Å². The summed E-state index contributed by atoms with van der Waals surface area (Å²) in [6.45, 7) is 7.14. The Morgan fingerprint density at radius 3 is 2.45 bits per heavy atom. The van der Waals surface area contributed by atoms with Gasteiger partial charge in [-0.25, -0.2) is 31.6 Å². The first-order valence-corrected chi connectivity index (χ1v) is 14.5. The van der Waals surface area contributed by atoms with Gasteiger partial charge in [-0.15, -0.1) is 10.2 Å². The molecule has 40 heavy (non-hydrogen) atoms. The lowest BCUT2D eigenvalue weighted by Gasteiger charge is -2.49. The number of fused-ring (bicyclic) bond motifs is 1. The molecule has 5 heterocycles. The van der Waals surface area contributed by atoms with Crippen LogP contribution < -0.4 is 9.80 Å². The Morgan fingerprint density at radius 2 is 1.88 bits per heavy atom. The molecule has 2 aromatic heterocycles. The third kappa shape index (κ3) is 4.06. The minimum atomic E-state index is -3.84. The standard InChI is InChI=1S/C25H29F3N8O3S/c1-14-10-35(23(37)25(11-26)5-6-40(25,38)39)15(2)9-34(14)21-19-22(31-13-30-21)36(12-24(19,3)4)18-7-16(20(27)28)17(8-29)32-33-18/h7,13-15,20H,5-6,9-12H2,1-4H3/t14-,15+,25+/m0/s1. The van der Waals surface area contributed by atoms with Gasteiger partial charge in [-0.1, -0.05) is 13.8 Å². The second-order valence-corrected chi connectivity index (χ2v) is 13.7. The van der Waals surface area contributed by atoms with Crippen LogP contribution in [0.15, 0.2) is 12.4 Å². The zero-order chi connectivity index (χ0) is 29.2. The van der Waals surface area contributed by atoms with Crippen LogP contribution in [0.1, 0.15) is 57.4 Å². The summed E-state index contributed by atoms with van der Waals surface area (Å²) in [5, 5.41) is 16.9. The smallest absolute Gasteiger partial charge is 0.266 e. The molecule has 0 bridgehead atoms. The average Bonchev–Trinajstić information content (AvgIpc) is 3.20. The lowest BCUT2D eigenvalue weighted by Crippen LogP contribution is -2.68. The van der Waals surface area contributed by atoms with E-state index in [0.29, 0.717) is 24.7 Å². The number of nitrogens with zero attached hydrogens (tertiary/aromatic N) is 8. The van der Waals surface area contributed by atoms with Crippen LogP contribution >= 0.6 is 0 Å². The van der Waals surface area contributed by atoms with Crippen LogP contribution in [-0.4, -0.2) is 88.3 Å². The van der Waals surface area contributed by atoms with Gasteiger partial charge in [-0.05, 0) is 26.3 Å². The minimum absolute atomic E-state index is 0.0268. The van der Waals surface area contributed by atoms with Gasteiger partial charge in [0.2, 0.25) is 5.91 Å². The number of halogens is 3. The van der Waals surface area contributed by atoms with Crippen LogP contribution in [-0.2, 0) is 20.0 Å². The molecule has 3 aliphatic heterocycles. The molecule has 0 unspecified atom stereocenters. The van der Waals surface area contributed by atoms with Gasteiger partial charge in [0.1, 0.15) is 30.7 Å². The molecule has 214 valence electrons. The van der Waals surface area contributed by atoms with Crippen LogP contribution in [0.4, 0.5) is 30.6 Å². The third-order valence-electron chi connectivity index (χ3n) is 8.22. The summed E-state index contributed by atoms with van der Waals surface area (Å²) in [6.07, 6.45) is -1.57. The molecule has 11 nitrogen and oxygen atoms in total. The summed E-state index contributed by atoms with van der Waals surface area (Å²) in [7, 11) is -3.84. The second kappa shape index (κ2) is 9.53. The van der Waals surface area contributed by atoms with Gasteiger partial charge in [0.05, 0.1) is 11.3 Å². The number of carbonyl (C=O) groups excluding carboxylic acids is 1. The number of nitriles is 1. The highest BCUT2D eigenvalue weighted by atomic mass is 32.2. The van der Waals surface area contributed by atoms with Crippen LogP contribution in [0.25, 0.3) is 0 Å². The highest BCUT2D eigenvalue weighted by molar-refractivity contribution is 7.95. The molecule has 15 heteroatoms. The van der Waals surface area contributed by atoms with Crippen LogP contribution in [0.5, 0.6) is 0 Å². The first kappa shape index (κ1) is 28.0. The number of hydrogen-bond donors (Lipinski definition) is 0. The Bertz CT molecular complexity index is 1510. The Balaban J connectivity index is 1.48. The quantitative estimate of drug-likeness (QED) is 0.520. The van der Waals surface area contributed by atoms with Crippen LogP contribution in [0.3, 0.4) is 0 Å². The van der Waals surface area contributed by atoms with Gasteiger partial charge < -0.3 is 14.7 Å². The molecule has 3 aliphatic rings. The van der Waals surface area contributed by atoms with Gasteiger partial charge in [-0.3, -0.25) is 4.79 Å².